The van der Waals surface area contributed by atoms with E-state index in [0.717, 1.165) is 49.7 Å². The molecule has 4 rings (SSSR count). The van der Waals surface area contributed by atoms with Crippen molar-refractivity contribution in [3.05, 3.63) is 11.1 Å². The number of rotatable bonds is 0. The van der Waals surface area contributed by atoms with E-state index in [2.05, 4.69) is 20.8 Å². The van der Waals surface area contributed by atoms with Crippen molar-refractivity contribution in [3.8, 4) is 0 Å². The van der Waals surface area contributed by atoms with Crippen molar-refractivity contribution in [1.29, 1.82) is 0 Å². The summed E-state index contributed by atoms with van der Waals surface area (Å²) in [6.45, 7) is 10.6. The molecule has 4 heteroatoms. The highest BCUT2D eigenvalue weighted by atomic mass is 16.7. The fourth-order valence-electron chi connectivity index (χ4n) is 5.05. The molecule has 4 saturated heterocycles. The van der Waals surface area contributed by atoms with Crippen LogP contribution in [0.2, 0.25) is 0 Å². The maximum Gasteiger partial charge on any atom is 0.190 e. The van der Waals surface area contributed by atoms with Crippen LogP contribution >= 0.6 is 0 Å². The summed E-state index contributed by atoms with van der Waals surface area (Å²) in [5.41, 5.74) is 1.49. The van der Waals surface area contributed by atoms with Crippen LogP contribution in [0, 0.1) is 5.92 Å². The molecule has 4 aliphatic heterocycles. The normalized spacial score (nSPS) is 51.0. The molecule has 0 aromatic carbocycles. The number of ketones is 1. The van der Waals surface area contributed by atoms with Crippen LogP contribution in [0.25, 0.3) is 0 Å². The second-order valence-electron chi connectivity index (χ2n) is 9.10. The third-order valence-corrected chi connectivity index (χ3v) is 6.72. The van der Waals surface area contributed by atoms with Crippen molar-refractivity contribution in [2.45, 2.75) is 102 Å². The lowest BCUT2D eigenvalue weighted by Gasteiger charge is -2.33. The minimum atomic E-state index is -0.422. The molecule has 0 N–H and O–H groups in total. The molecular weight excluding hydrogens is 304 g/mol. The largest absolute Gasteiger partial charge is 0.358 e. The second kappa shape index (κ2) is 5.15. The van der Waals surface area contributed by atoms with Crippen molar-refractivity contribution in [1.82, 2.24) is 0 Å². The Morgan fingerprint density at radius 2 is 1.88 bits per heavy atom. The molecule has 4 fully saturated rings. The fraction of sp³-hybridized carbons (Fsp3) is 0.850. The smallest absolute Gasteiger partial charge is 0.190 e. The van der Waals surface area contributed by atoms with Crippen LogP contribution in [-0.2, 0) is 19.0 Å². The van der Waals surface area contributed by atoms with E-state index < -0.39 is 5.79 Å². The molecular formula is C20H30O4. The van der Waals surface area contributed by atoms with Crippen molar-refractivity contribution < 1.29 is 19.0 Å². The standard InChI is InChI=1S/C20H30O4/c1-12(2)15-6-7-18(4)8-9-20(24-18)13(3)10-14(22-20)11-19(5)17(23-19)16(15)21/h13-14,17H,6-11H2,1-5H3/t13-,14+,17-,18+,19-,20-/m0/s1. The summed E-state index contributed by atoms with van der Waals surface area (Å²) in [5.74, 6) is 0.149. The molecule has 0 saturated carbocycles. The topological polar surface area (TPSA) is 48.1 Å². The quantitative estimate of drug-likeness (QED) is 0.497. The highest BCUT2D eigenvalue weighted by Gasteiger charge is 2.62. The molecule has 0 radical (unpaired) electrons. The maximum atomic E-state index is 13.0. The zero-order chi connectivity index (χ0) is 17.3. The second-order valence-corrected chi connectivity index (χ2v) is 9.10. The summed E-state index contributed by atoms with van der Waals surface area (Å²) >= 11 is 0. The molecule has 24 heavy (non-hydrogen) atoms. The Morgan fingerprint density at radius 3 is 2.58 bits per heavy atom. The first kappa shape index (κ1) is 16.7. The van der Waals surface area contributed by atoms with E-state index in [0.29, 0.717) is 5.92 Å². The van der Waals surface area contributed by atoms with Crippen LogP contribution in [-0.4, -0.2) is 35.0 Å². The lowest BCUT2D eigenvalue weighted by Crippen LogP contribution is -2.39. The van der Waals surface area contributed by atoms with Gasteiger partial charge in [-0.15, -0.1) is 0 Å². The summed E-state index contributed by atoms with van der Waals surface area (Å²) in [7, 11) is 0. The Balaban J connectivity index is 1.68. The third-order valence-electron chi connectivity index (χ3n) is 6.72. The van der Waals surface area contributed by atoms with Crippen LogP contribution in [0.3, 0.4) is 0 Å². The van der Waals surface area contributed by atoms with Crippen LogP contribution in [0.15, 0.2) is 11.1 Å². The third kappa shape index (κ3) is 2.49. The van der Waals surface area contributed by atoms with Crippen molar-refractivity contribution >= 4 is 5.78 Å². The van der Waals surface area contributed by atoms with Gasteiger partial charge in [0, 0.05) is 18.8 Å². The van der Waals surface area contributed by atoms with Gasteiger partial charge < -0.3 is 14.2 Å². The minimum absolute atomic E-state index is 0.125. The lowest BCUT2D eigenvalue weighted by atomic mass is 9.86. The average Bonchev–Trinajstić information content (AvgIpc) is 2.87. The summed E-state index contributed by atoms with van der Waals surface area (Å²) in [6.07, 6.45) is 5.21. The summed E-state index contributed by atoms with van der Waals surface area (Å²) < 4.78 is 18.9. The van der Waals surface area contributed by atoms with Gasteiger partial charge in [-0.3, -0.25) is 4.79 Å². The predicted octanol–water partition coefficient (Wildman–Crippen LogP) is 3.92. The van der Waals surface area contributed by atoms with E-state index >= 15 is 0 Å². The lowest BCUT2D eigenvalue weighted by molar-refractivity contribution is -0.255. The number of hydrogen-bond donors (Lipinski definition) is 0. The van der Waals surface area contributed by atoms with Gasteiger partial charge in [0.05, 0.1) is 11.7 Å². The molecule has 6 atom stereocenters. The van der Waals surface area contributed by atoms with Crippen LogP contribution in [0.1, 0.15) is 73.1 Å². The number of ether oxygens (including phenoxy) is 3. The maximum absolute atomic E-state index is 13.0. The molecule has 0 unspecified atom stereocenters. The van der Waals surface area contributed by atoms with Crippen LogP contribution < -0.4 is 0 Å². The molecule has 4 nitrogen and oxygen atoms in total. The molecule has 4 aliphatic rings. The van der Waals surface area contributed by atoms with Gasteiger partial charge in [0.2, 0.25) is 0 Å². The van der Waals surface area contributed by atoms with Crippen molar-refractivity contribution in [3.63, 3.8) is 0 Å². The van der Waals surface area contributed by atoms with Gasteiger partial charge in [0.25, 0.3) is 0 Å². The zero-order valence-electron chi connectivity index (χ0n) is 15.6. The van der Waals surface area contributed by atoms with Gasteiger partial charge in [-0.25, -0.2) is 0 Å². The molecule has 0 aromatic rings. The van der Waals surface area contributed by atoms with Gasteiger partial charge in [-0.2, -0.15) is 0 Å². The van der Waals surface area contributed by atoms with E-state index in [-0.39, 0.29) is 29.2 Å². The highest BCUT2D eigenvalue weighted by Crippen LogP contribution is 2.54. The fourth-order valence-corrected chi connectivity index (χ4v) is 5.05. The van der Waals surface area contributed by atoms with Crippen molar-refractivity contribution in [2.75, 3.05) is 0 Å². The SMILES string of the molecule is CC(C)=C1CC[C@]2(C)CC[C@]3(O[C@H](C[C@@H]3C)C[C@]3(C)O[C@H]3C1=O)O2. The minimum Gasteiger partial charge on any atom is -0.358 e. The van der Waals surface area contributed by atoms with Gasteiger partial charge in [-0.1, -0.05) is 12.5 Å². The molecule has 4 heterocycles. The average molecular weight is 334 g/mol. The number of hydrogen-bond acceptors (Lipinski definition) is 4. The monoisotopic (exact) mass is 334 g/mol. The molecule has 0 amide bonds. The van der Waals surface area contributed by atoms with Crippen molar-refractivity contribution in [2.24, 2.45) is 5.92 Å². The first-order valence-corrected chi connectivity index (χ1v) is 9.43. The Morgan fingerprint density at radius 1 is 1.12 bits per heavy atom. The molecule has 0 aliphatic carbocycles. The Labute approximate surface area is 144 Å². The molecule has 0 aromatic heterocycles. The molecule has 3 bridgehead atoms. The molecule has 1 spiro atoms. The predicted molar refractivity (Wildman–Crippen MR) is 90.6 cm³/mol. The Kier molecular flexibility index (Phi) is 3.59. The number of Topliss-reactive ketones (excluding diaryl/α,β-unsaturated/α-hetero) is 1. The van der Waals surface area contributed by atoms with E-state index in [1.807, 2.05) is 13.8 Å². The van der Waals surface area contributed by atoms with E-state index in [9.17, 15) is 4.79 Å². The summed E-state index contributed by atoms with van der Waals surface area (Å²) in [6, 6.07) is 0. The van der Waals surface area contributed by atoms with Gasteiger partial charge >= 0.3 is 0 Å². The Hall–Kier alpha value is -0.710. The zero-order valence-corrected chi connectivity index (χ0v) is 15.6. The summed E-state index contributed by atoms with van der Waals surface area (Å²) in [4.78, 5) is 13.0. The number of epoxide rings is 1. The van der Waals surface area contributed by atoms with E-state index in [1.54, 1.807) is 0 Å². The number of fused-ring (bicyclic) bond motifs is 3. The Bertz CT molecular complexity index is 607. The first-order chi connectivity index (χ1) is 11.2. The number of carbonyl (C=O) groups is 1. The van der Waals surface area contributed by atoms with Crippen LogP contribution in [0.4, 0.5) is 0 Å². The highest BCUT2D eigenvalue weighted by molar-refractivity contribution is 6.01. The van der Waals surface area contributed by atoms with Gasteiger partial charge in [0.1, 0.15) is 11.7 Å². The first-order valence-electron chi connectivity index (χ1n) is 9.43. The summed E-state index contributed by atoms with van der Waals surface area (Å²) in [5, 5.41) is 0. The molecule has 134 valence electrons. The van der Waals surface area contributed by atoms with Gasteiger partial charge in [-0.05, 0) is 59.0 Å². The number of carbonyl (C=O) groups excluding carboxylic acids is 1. The van der Waals surface area contributed by atoms with Crippen LogP contribution in [0.5, 0.6) is 0 Å². The van der Waals surface area contributed by atoms with Gasteiger partial charge in [0.15, 0.2) is 11.6 Å². The van der Waals surface area contributed by atoms with E-state index in [4.69, 9.17) is 14.2 Å². The number of allylic oxidation sites excluding steroid dienone is 1. The van der Waals surface area contributed by atoms with E-state index in [1.165, 1.54) is 0 Å².